The van der Waals surface area contributed by atoms with Gasteiger partial charge in [0.1, 0.15) is 0 Å². The van der Waals surface area contributed by atoms with E-state index in [0.29, 0.717) is 31.2 Å². The van der Waals surface area contributed by atoms with Gasteiger partial charge in [0.25, 0.3) is 0 Å². The molecule has 6 nitrogen and oxygen atoms in total. The molecule has 0 aliphatic rings. The van der Waals surface area contributed by atoms with Gasteiger partial charge in [-0.3, -0.25) is 9.59 Å². The number of hydrogen-bond donors (Lipinski definition) is 0. The lowest BCUT2D eigenvalue weighted by Gasteiger charge is -2.11. The Bertz CT molecular complexity index is 1390. The minimum Gasteiger partial charge on any atom is -0.378 e. The molecule has 8 heteroatoms. The Morgan fingerprint density at radius 1 is 0.632 bits per heavy atom. The summed E-state index contributed by atoms with van der Waals surface area (Å²) in [6.45, 7) is 3.65. The molecule has 4 aromatic rings. The summed E-state index contributed by atoms with van der Waals surface area (Å²) in [7, 11) is 7.96. The van der Waals surface area contributed by atoms with Gasteiger partial charge >= 0.3 is 0 Å². The van der Waals surface area contributed by atoms with Crippen LogP contribution < -0.4 is 9.80 Å². The van der Waals surface area contributed by atoms with Crippen LogP contribution in [-0.4, -0.2) is 49.7 Å². The molecule has 0 saturated heterocycles. The van der Waals surface area contributed by atoms with Gasteiger partial charge in [-0.25, -0.2) is 9.97 Å². The number of nitrogens with zero attached hydrogens (tertiary/aromatic N) is 4. The van der Waals surface area contributed by atoms with Crippen molar-refractivity contribution in [2.24, 2.45) is 0 Å². The van der Waals surface area contributed by atoms with E-state index in [0.717, 1.165) is 22.5 Å². The Labute approximate surface area is 231 Å². The van der Waals surface area contributed by atoms with Gasteiger partial charge in [0.05, 0.1) is 21.1 Å². The number of hydrogen-bond acceptors (Lipinski definition) is 8. The summed E-state index contributed by atoms with van der Waals surface area (Å²) in [6, 6.07) is 16.0. The van der Waals surface area contributed by atoms with Crippen molar-refractivity contribution in [1.29, 1.82) is 0 Å². The predicted octanol–water partition coefficient (Wildman–Crippen LogP) is 6.81. The largest absolute Gasteiger partial charge is 0.378 e. The number of carbonyl (C=O) groups excluding carboxylic acids is 2. The number of carbonyl (C=O) groups is 2. The molecular weight excluding hydrogens is 512 g/mol. The van der Waals surface area contributed by atoms with Crippen LogP contribution in [0.5, 0.6) is 0 Å². The lowest BCUT2D eigenvalue weighted by atomic mass is 10.1. The Hall–Kier alpha value is -3.88. The fourth-order valence-electron chi connectivity index (χ4n) is 3.70. The Kier molecular flexibility index (Phi) is 8.34. The number of aromatic nitrogens is 2. The molecule has 0 radical (unpaired) electrons. The maximum atomic E-state index is 12.9. The molecule has 4 rings (SSSR count). The van der Waals surface area contributed by atoms with Crippen molar-refractivity contribution in [3.8, 4) is 10.0 Å². The summed E-state index contributed by atoms with van der Waals surface area (Å²) in [5.41, 5.74) is 5.41. The maximum absolute atomic E-state index is 12.9. The average Bonchev–Trinajstić information content (AvgIpc) is 3.48. The fourth-order valence-corrected chi connectivity index (χ4v) is 5.69. The van der Waals surface area contributed by atoms with E-state index in [1.54, 1.807) is 12.2 Å². The average molecular weight is 543 g/mol. The predicted molar refractivity (Wildman–Crippen MR) is 161 cm³/mol. The van der Waals surface area contributed by atoms with Crippen molar-refractivity contribution < 1.29 is 9.59 Å². The molecule has 0 atom stereocenters. The quantitative estimate of drug-likeness (QED) is 0.171. The van der Waals surface area contributed by atoms with Gasteiger partial charge in [0, 0.05) is 39.6 Å². The van der Waals surface area contributed by atoms with E-state index in [4.69, 9.17) is 0 Å². The first kappa shape index (κ1) is 27.2. The van der Waals surface area contributed by atoms with Gasteiger partial charge in [-0.1, -0.05) is 36.4 Å². The van der Waals surface area contributed by atoms with Gasteiger partial charge in [-0.2, -0.15) is 0 Å². The minimum atomic E-state index is -0.101. The molecule has 2 heterocycles. The van der Waals surface area contributed by atoms with E-state index in [1.165, 1.54) is 22.7 Å². The first-order valence-corrected chi connectivity index (χ1v) is 13.7. The van der Waals surface area contributed by atoms with E-state index in [-0.39, 0.29) is 11.6 Å². The first-order chi connectivity index (χ1) is 18.1. The van der Waals surface area contributed by atoms with Gasteiger partial charge in [-0.05, 0) is 61.4 Å². The Morgan fingerprint density at radius 2 is 0.974 bits per heavy atom. The molecule has 0 unspecified atom stereocenters. The summed E-state index contributed by atoms with van der Waals surface area (Å²) < 4.78 is 0. The second-order valence-corrected chi connectivity index (χ2v) is 11.2. The van der Waals surface area contributed by atoms with Crippen molar-refractivity contribution in [2.75, 3.05) is 38.0 Å². The van der Waals surface area contributed by atoms with Crippen molar-refractivity contribution in [3.05, 3.63) is 93.0 Å². The second kappa shape index (κ2) is 11.7. The molecule has 0 fully saturated rings. The maximum Gasteiger partial charge on any atom is 0.197 e. The topological polar surface area (TPSA) is 66.4 Å². The molecule has 0 aliphatic carbocycles. The third-order valence-corrected chi connectivity index (χ3v) is 8.38. The van der Waals surface area contributed by atoms with Gasteiger partial charge in [0.2, 0.25) is 0 Å². The highest BCUT2D eigenvalue weighted by molar-refractivity contribution is 7.23. The highest BCUT2D eigenvalue weighted by Gasteiger charge is 2.20. The van der Waals surface area contributed by atoms with Crippen molar-refractivity contribution in [1.82, 2.24) is 9.97 Å². The van der Waals surface area contributed by atoms with Crippen molar-refractivity contribution in [2.45, 2.75) is 13.8 Å². The second-order valence-electron chi connectivity index (χ2n) is 9.23. The summed E-state index contributed by atoms with van der Waals surface area (Å²) in [4.78, 5) is 40.2. The van der Waals surface area contributed by atoms with Crippen molar-refractivity contribution in [3.63, 3.8) is 0 Å². The first-order valence-electron chi connectivity index (χ1n) is 12.1. The third kappa shape index (κ3) is 6.33. The lowest BCUT2D eigenvalue weighted by molar-refractivity contribution is 0.104. The van der Waals surface area contributed by atoms with Crippen LogP contribution >= 0.6 is 22.7 Å². The standard InChI is InChI=1S/C30H30N4O2S2/c1-19-27(25(35)17-11-21-7-13-23(14-8-21)33(3)4)37-29(31-19)30-32-20(2)28(38-30)26(36)18-12-22-9-15-24(16-10-22)34(5)6/h7-18H,1-6H3/b17-11-,18-12-. The zero-order chi connectivity index (χ0) is 27.4. The SMILES string of the molecule is Cc1nc(-c2nc(C)c(C(=O)/C=C\c3ccc(N(C)C)cc3)s2)sc1C(=O)/C=C\c1ccc(N(C)C)cc1. The minimum absolute atomic E-state index is 0.101. The number of benzene rings is 2. The number of ketones is 2. The zero-order valence-electron chi connectivity index (χ0n) is 22.4. The molecule has 0 saturated carbocycles. The van der Waals surface area contributed by atoms with Crippen LogP contribution in [0.1, 0.15) is 41.9 Å². The highest BCUT2D eigenvalue weighted by atomic mass is 32.1. The number of rotatable bonds is 9. The fraction of sp³-hybridized carbons (Fsp3) is 0.200. The van der Waals surface area contributed by atoms with Crippen LogP contribution in [0.4, 0.5) is 11.4 Å². The lowest BCUT2D eigenvalue weighted by Crippen LogP contribution is -2.07. The summed E-state index contributed by atoms with van der Waals surface area (Å²) in [6.07, 6.45) is 6.77. The van der Waals surface area contributed by atoms with Crippen LogP contribution in [0.3, 0.4) is 0 Å². The van der Waals surface area contributed by atoms with Crippen LogP contribution in [0.25, 0.3) is 22.2 Å². The normalized spacial score (nSPS) is 11.4. The van der Waals surface area contributed by atoms with Crippen LogP contribution in [0.2, 0.25) is 0 Å². The van der Waals surface area contributed by atoms with Gasteiger partial charge < -0.3 is 9.80 Å². The summed E-state index contributed by atoms with van der Waals surface area (Å²) in [5, 5.41) is 1.29. The van der Waals surface area contributed by atoms with E-state index in [1.807, 2.05) is 113 Å². The molecule has 0 amide bonds. The van der Waals surface area contributed by atoms with E-state index in [2.05, 4.69) is 9.97 Å². The molecule has 0 spiro atoms. The van der Waals surface area contributed by atoms with Gasteiger partial charge in [-0.15, -0.1) is 22.7 Å². The Morgan fingerprint density at radius 3 is 1.29 bits per heavy atom. The van der Waals surface area contributed by atoms with Crippen LogP contribution in [0, 0.1) is 13.8 Å². The summed E-state index contributed by atoms with van der Waals surface area (Å²) in [5.74, 6) is -0.202. The highest BCUT2D eigenvalue weighted by Crippen LogP contribution is 2.33. The molecule has 2 aromatic heterocycles. The smallest absolute Gasteiger partial charge is 0.197 e. The molecule has 0 bridgehead atoms. The monoisotopic (exact) mass is 542 g/mol. The van der Waals surface area contributed by atoms with Crippen molar-refractivity contribution >= 4 is 57.8 Å². The Balaban J connectivity index is 1.48. The molecule has 194 valence electrons. The van der Waals surface area contributed by atoms with Crippen LogP contribution in [-0.2, 0) is 0 Å². The number of allylic oxidation sites excluding steroid dienone is 2. The van der Waals surface area contributed by atoms with Gasteiger partial charge in [0.15, 0.2) is 21.6 Å². The van der Waals surface area contributed by atoms with Crippen LogP contribution in [0.15, 0.2) is 60.7 Å². The molecule has 0 aliphatic heterocycles. The number of thiazole rings is 2. The third-order valence-electron chi connectivity index (χ3n) is 5.90. The molecule has 2 aromatic carbocycles. The van der Waals surface area contributed by atoms with E-state index >= 15 is 0 Å². The molecule has 38 heavy (non-hydrogen) atoms. The van der Waals surface area contributed by atoms with E-state index in [9.17, 15) is 9.59 Å². The number of aryl methyl sites for hydroxylation is 2. The van der Waals surface area contributed by atoms with E-state index < -0.39 is 0 Å². The zero-order valence-corrected chi connectivity index (χ0v) is 24.0. The summed E-state index contributed by atoms with van der Waals surface area (Å²) >= 11 is 2.61. The number of anilines is 2. The molecular formula is C30H30N4O2S2. The molecule has 0 N–H and O–H groups in total.